The second-order valence-corrected chi connectivity index (χ2v) is 4.39. The van der Waals surface area contributed by atoms with E-state index in [1.165, 1.54) is 0 Å². The van der Waals surface area contributed by atoms with Crippen LogP contribution in [0.5, 0.6) is 0 Å². The van der Waals surface area contributed by atoms with Gasteiger partial charge in [-0.2, -0.15) is 0 Å². The van der Waals surface area contributed by atoms with E-state index in [9.17, 15) is 0 Å². The molecule has 0 saturated carbocycles. The van der Waals surface area contributed by atoms with Gasteiger partial charge >= 0.3 is 0 Å². The van der Waals surface area contributed by atoms with Gasteiger partial charge in [-0.05, 0) is 19.3 Å². The molecule has 3 N–H and O–H groups in total. The Labute approximate surface area is 159 Å². The molecule has 1 rings (SSSR count). The molecule has 0 bridgehead atoms. The number of aliphatic hydroxyl groups excluding tert-OH is 3. The number of hydrogen-bond acceptors (Lipinski definition) is 7. The monoisotopic (exact) mass is 416 g/mol. The van der Waals surface area contributed by atoms with Crippen molar-refractivity contribution in [2.75, 3.05) is 34.0 Å². The van der Waals surface area contributed by atoms with Crippen molar-refractivity contribution in [2.45, 2.75) is 64.8 Å². The summed E-state index contributed by atoms with van der Waals surface area (Å²) in [7, 11) is 2.00. The molecule has 2 atom stereocenters. The quantitative estimate of drug-likeness (QED) is 0.511. The van der Waals surface area contributed by atoms with Crippen molar-refractivity contribution in [3.05, 3.63) is 0 Å². The Balaban J connectivity index is -0.000000739. The van der Waals surface area contributed by atoms with Crippen molar-refractivity contribution in [3.8, 4) is 0 Å². The topological polar surface area (TPSA) is 97.6 Å². The molecule has 0 spiro atoms. The van der Waals surface area contributed by atoms with E-state index in [0.29, 0.717) is 26.1 Å². The maximum absolute atomic E-state index is 9.15. The molecule has 8 heteroatoms. The van der Waals surface area contributed by atoms with Gasteiger partial charge in [0.05, 0.1) is 25.9 Å². The zero-order valence-electron chi connectivity index (χ0n) is 15.1. The van der Waals surface area contributed by atoms with Crippen LogP contribution in [-0.2, 0) is 45.2 Å². The van der Waals surface area contributed by atoms with Crippen molar-refractivity contribution in [2.24, 2.45) is 0 Å². The maximum atomic E-state index is 9.15. The second-order valence-electron chi connectivity index (χ2n) is 4.39. The van der Waals surface area contributed by atoms with Crippen molar-refractivity contribution < 1.29 is 60.5 Å². The zero-order chi connectivity index (χ0) is 17.4. The van der Waals surface area contributed by atoms with Gasteiger partial charge < -0.3 is 29.5 Å². The van der Waals surface area contributed by atoms with Crippen LogP contribution in [-0.4, -0.2) is 67.7 Å². The van der Waals surface area contributed by atoms with Gasteiger partial charge in [0.2, 0.25) is 0 Å². The van der Waals surface area contributed by atoms with Crippen LogP contribution in [0.4, 0.5) is 0 Å². The minimum Gasteiger partial charge on any atom is -0.400 e. The van der Waals surface area contributed by atoms with E-state index in [4.69, 9.17) is 34.3 Å². The molecule has 2 unspecified atom stereocenters. The number of hydrogen-bond donors (Lipinski definition) is 3. The summed E-state index contributed by atoms with van der Waals surface area (Å²) in [5, 5.41) is 23.2. The summed E-state index contributed by atoms with van der Waals surface area (Å²) in [6.45, 7) is 7.18. The van der Waals surface area contributed by atoms with E-state index in [1.54, 1.807) is 0 Å². The van der Waals surface area contributed by atoms with Gasteiger partial charge in [-0.15, -0.1) is 0 Å². The number of aliphatic hydroxyl groups is 3. The van der Waals surface area contributed by atoms with Gasteiger partial charge in [-0.1, -0.05) is 20.8 Å². The molecule has 1 aliphatic heterocycles. The van der Waals surface area contributed by atoms with E-state index in [0.717, 1.165) is 27.1 Å². The minimum absolute atomic E-state index is 0. The summed E-state index contributed by atoms with van der Waals surface area (Å²) in [5.74, 6) is -0.979. The molecule has 0 aliphatic carbocycles. The molecule has 7 nitrogen and oxygen atoms in total. The van der Waals surface area contributed by atoms with Crippen LogP contribution >= 0.6 is 0 Å². The predicted octanol–water partition coefficient (Wildman–Crippen LogP) is 1.24. The van der Waals surface area contributed by atoms with Gasteiger partial charge in [-0.3, -0.25) is 4.74 Å². The molecule has 1 fully saturated rings. The molecular formula is C15H34O7Zr. The van der Waals surface area contributed by atoms with Gasteiger partial charge in [0, 0.05) is 46.8 Å². The molecule has 1 aliphatic rings. The van der Waals surface area contributed by atoms with Crippen molar-refractivity contribution in [1.82, 2.24) is 0 Å². The van der Waals surface area contributed by atoms with Crippen LogP contribution in [0.25, 0.3) is 0 Å². The predicted molar refractivity (Wildman–Crippen MR) is 83.2 cm³/mol. The average Bonchev–Trinajstić information content (AvgIpc) is 2.62. The van der Waals surface area contributed by atoms with Crippen LogP contribution in [0.2, 0.25) is 0 Å². The first kappa shape index (κ1) is 28.4. The van der Waals surface area contributed by atoms with Crippen LogP contribution in [0.1, 0.15) is 46.5 Å². The third kappa shape index (κ3) is 11.7. The van der Waals surface area contributed by atoms with Crippen LogP contribution < -0.4 is 0 Å². The molecule has 0 aromatic carbocycles. The third-order valence-corrected chi connectivity index (χ3v) is 3.01. The molecule has 23 heavy (non-hydrogen) atoms. The van der Waals surface area contributed by atoms with Gasteiger partial charge in [0.1, 0.15) is 0 Å². The number of rotatable bonds is 8. The fourth-order valence-corrected chi connectivity index (χ4v) is 1.80. The maximum Gasteiger partial charge on any atom is 0.284 e. The summed E-state index contributed by atoms with van der Waals surface area (Å²) in [6, 6.07) is 0. The van der Waals surface area contributed by atoms with E-state index in [2.05, 4.69) is 0 Å². The SMILES string of the molecule is CCC(CO)OC(CC)OC1(CC)OCCCO1.CO.CO.[Zr]. The Bertz CT molecular complexity index is 222. The third-order valence-electron chi connectivity index (χ3n) is 3.01. The molecule has 0 amide bonds. The second kappa shape index (κ2) is 18.9. The Kier molecular flexibility index (Phi) is 23.4. The smallest absolute Gasteiger partial charge is 0.284 e. The Morgan fingerprint density at radius 1 is 1.00 bits per heavy atom. The zero-order valence-corrected chi connectivity index (χ0v) is 17.5. The summed E-state index contributed by atoms with van der Waals surface area (Å²) in [5.41, 5.74) is 0. The van der Waals surface area contributed by atoms with Crippen molar-refractivity contribution >= 4 is 0 Å². The Hall–Kier alpha value is 0.603. The fraction of sp³-hybridized carbons (Fsp3) is 1.00. The minimum atomic E-state index is -0.979. The van der Waals surface area contributed by atoms with E-state index in [1.807, 2.05) is 20.8 Å². The molecule has 1 heterocycles. The largest absolute Gasteiger partial charge is 0.400 e. The normalized spacial score (nSPS) is 18.3. The van der Waals surface area contributed by atoms with Crippen LogP contribution in [0, 0.1) is 0 Å². The van der Waals surface area contributed by atoms with Crippen LogP contribution in [0.15, 0.2) is 0 Å². The van der Waals surface area contributed by atoms with E-state index in [-0.39, 0.29) is 38.9 Å². The first-order chi connectivity index (χ1) is 10.7. The average molecular weight is 418 g/mol. The molecule has 1 saturated heterocycles. The van der Waals surface area contributed by atoms with Crippen LogP contribution in [0.3, 0.4) is 0 Å². The first-order valence-electron chi connectivity index (χ1n) is 7.81. The first-order valence-corrected chi connectivity index (χ1v) is 7.81. The van der Waals surface area contributed by atoms with Gasteiger partial charge in [0.25, 0.3) is 5.97 Å². The molecule has 0 aromatic heterocycles. The molecule has 140 valence electrons. The fourth-order valence-electron chi connectivity index (χ4n) is 1.80. The van der Waals surface area contributed by atoms with Gasteiger partial charge in [0.15, 0.2) is 6.29 Å². The molecular weight excluding hydrogens is 383 g/mol. The standard InChI is InChI=1S/C13H26O5.2CH4O.Zr/c1-4-11(10-14)17-12(5-2)18-13(6-3)15-8-7-9-16-13;2*1-2;/h11-12,14H,4-10H2,1-3H3;2*2H,1H3;. The Morgan fingerprint density at radius 3 is 1.87 bits per heavy atom. The summed E-state index contributed by atoms with van der Waals surface area (Å²) in [6.07, 6.45) is 2.31. The summed E-state index contributed by atoms with van der Waals surface area (Å²) >= 11 is 0. The number of ether oxygens (including phenoxy) is 4. The molecule has 0 radical (unpaired) electrons. The van der Waals surface area contributed by atoms with Crippen molar-refractivity contribution in [3.63, 3.8) is 0 Å². The summed E-state index contributed by atoms with van der Waals surface area (Å²) in [4.78, 5) is 0. The Morgan fingerprint density at radius 2 is 1.52 bits per heavy atom. The van der Waals surface area contributed by atoms with E-state index >= 15 is 0 Å². The molecule has 0 aromatic rings. The van der Waals surface area contributed by atoms with Crippen molar-refractivity contribution in [1.29, 1.82) is 0 Å². The summed E-state index contributed by atoms with van der Waals surface area (Å²) < 4.78 is 22.7. The van der Waals surface area contributed by atoms with Gasteiger partial charge in [-0.25, -0.2) is 0 Å². The van der Waals surface area contributed by atoms with E-state index < -0.39 is 12.3 Å².